The van der Waals surface area contributed by atoms with Crippen LogP contribution in [0.5, 0.6) is 0 Å². The van der Waals surface area contributed by atoms with Crippen LogP contribution in [0.25, 0.3) is 5.52 Å². The molecule has 4 fully saturated rings. The van der Waals surface area contributed by atoms with E-state index in [1.807, 2.05) is 6.20 Å². The normalized spacial score (nSPS) is 36.6. The second kappa shape index (κ2) is 4.73. The fourth-order valence-electron chi connectivity index (χ4n) is 5.56. The second-order valence-corrected chi connectivity index (χ2v) is 8.52. The zero-order valence-corrected chi connectivity index (χ0v) is 15.6. The molecule has 0 saturated heterocycles. The zero-order chi connectivity index (χ0) is 16.7. The maximum atomic E-state index is 12.4. The minimum Gasteiger partial charge on any atom is -0.469 e. The van der Waals surface area contributed by atoms with Crippen molar-refractivity contribution >= 4 is 39.0 Å². The average molecular weight is 411 g/mol. The third-order valence-corrected chi connectivity index (χ3v) is 7.58. The Bertz CT molecular complexity index is 872. The predicted molar refractivity (Wildman–Crippen MR) is 91.9 cm³/mol. The Morgan fingerprint density at radius 1 is 1.38 bits per heavy atom. The number of carbonyl (C=O) groups is 1. The highest BCUT2D eigenvalue weighted by Gasteiger charge is 2.72. The number of esters is 1. The molecule has 126 valence electrons. The Morgan fingerprint density at radius 2 is 2.12 bits per heavy atom. The Morgan fingerprint density at radius 3 is 2.83 bits per heavy atom. The van der Waals surface area contributed by atoms with Gasteiger partial charge in [-0.2, -0.15) is 0 Å². The lowest BCUT2D eigenvalue weighted by Crippen LogP contribution is -2.51. The Hall–Kier alpha value is -1.14. The molecule has 4 aliphatic carbocycles. The summed E-state index contributed by atoms with van der Waals surface area (Å²) in [5.74, 6) is 2.02. The molecule has 2 heterocycles. The van der Waals surface area contributed by atoms with E-state index in [1.54, 1.807) is 6.20 Å². The molecule has 2 aromatic rings. The molecule has 6 rings (SSSR count). The van der Waals surface area contributed by atoms with Crippen LogP contribution in [-0.4, -0.2) is 27.4 Å². The van der Waals surface area contributed by atoms with Crippen molar-refractivity contribution in [2.24, 2.45) is 17.3 Å². The van der Waals surface area contributed by atoms with E-state index in [-0.39, 0.29) is 16.8 Å². The fourth-order valence-corrected chi connectivity index (χ4v) is 6.46. The van der Waals surface area contributed by atoms with E-state index in [9.17, 15) is 4.79 Å². The van der Waals surface area contributed by atoms with Crippen LogP contribution in [0.15, 0.2) is 17.0 Å². The first-order chi connectivity index (χ1) is 11.5. The largest absolute Gasteiger partial charge is 0.469 e. The van der Waals surface area contributed by atoms with Gasteiger partial charge in [-0.3, -0.25) is 9.20 Å². The van der Waals surface area contributed by atoms with Crippen molar-refractivity contribution in [2.45, 2.75) is 37.5 Å². The number of nitrogens with zero attached hydrogens (tertiary/aromatic N) is 3. The number of fused-ring (bicyclic) bond motifs is 3. The molecule has 7 heteroatoms. The van der Waals surface area contributed by atoms with Crippen molar-refractivity contribution in [3.8, 4) is 0 Å². The van der Waals surface area contributed by atoms with Gasteiger partial charge >= 0.3 is 5.97 Å². The first kappa shape index (κ1) is 15.1. The molecule has 0 aliphatic heterocycles. The molecule has 4 aliphatic rings. The summed E-state index contributed by atoms with van der Waals surface area (Å²) in [7, 11) is 1.51. The number of halogens is 2. The molecule has 5 nitrogen and oxygen atoms in total. The molecule has 0 amide bonds. The van der Waals surface area contributed by atoms with Gasteiger partial charge in [0.25, 0.3) is 0 Å². The lowest BCUT2D eigenvalue weighted by molar-refractivity contribution is -0.161. The van der Waals surface area contributed by atoms with Gasteiger partial charge in [0.05, 0.1) is 12.5 Å². The third-order valence-electron chi connectivity index (χ3n) is 6.75. The van der Waals surface area contributed by atoms with E-state index >= 15 is 0 Å². The van der Waals surface area contributed by atoms with E-state index in [4.69, 9.17) is 21.3 Å². The van der Waals surface area contributed by atoms with Gasteiger partial charge in [-0.15, -0.1) is 0 Å². The van der Waals surface area contributed by atoms with Crippen LogP contribution >= 0.6 is 27.5 Å². The van der Waals surface area contributed by atoms with Crippen LogP contribution in [-0.2, 0) is 14.9 Å². The number of carbonyl (C=O) groups excluding carboxylic acids is 1. The minimum absolute atomic E-state index is 0.00954. The molecule has 4 saturated carbocycles. The number of ether oxygens (including phenoxy) is 1. The lowest BCUT2D eigenvalue weighted by Gasteiger charge is -2.50. The van der Waals surface area contributed by atoms with E-state index in [1.165, 1.54) is 7.11 Å². The molecule has 2 unspecified atom stereocenters. The van der Waals surface area contributed by atoms with Crippen molar-refractivity contribution in [3.05, 3.63) is 28.0 Å². The number of rotatable bonds is 2. The summed E-state index contributed by atoms with van der Waals surface area (Å²) >= 11 is 9.83. The molecule has 2 atom stereocenters. The quantitative estimate of drug-likeness (QED) is 0.707. The summed E-state index contributed by atoms with van der Waals surface area (Å²) in [6, 6.07) is 0. The topological polar surface area (TPSA) is 56.5 Å². The van der Waals surface area contributed by atoms with Gasteiger partial charge in [0.15, 0.2) is 5.15 Å². The Balaban J connectivity index is 1.64. The van der Waals surface area contributed by atoms with Gasteiger partial charge in [-0.05, 0) is 59.9 Å². The second-order valence-electron chi connectivity index (χ2n) is 7.42. The van der Waals surface area contributed by atoms with Crippen molar-refractivity contribution in [1.29, 1.82) is 0 Å². The Kier molecular flexibility index (Phi) is 2.98. The van der Waals surface area contributed by atoms with Crippen molar-refractivity contribution in [1.82, 2.24) is 14.4 Å². The predicted octanol–water partition coefficient (Wildman–Crippen LogP) is 3.77. The first-order valence-corrected chi connectivity index (χ1v) is 9.47. The third kappa shape index (κ3) is 1.64. The monoisotopic (exact) mass is 409 g/mol. The van der Waals surface area contributed by atoms with E-state index in [0.717, 1.165) is 48.0 Å². The summed E-state index contributed by atoms with van der Waals surface area (Å²) in [4.78, 5) is 21.4. The van der Waals surface area contributed by atoms with Crippen LogP contribution in [0.1, 0.15) is 37.9 Å². The van der Waals surface area contributed by atoms with Gasteiger partial charge in [0.2, 0.25) is 0 Å². The highest BCUT2D eigenvalue weighted by molar-refractivity contribution is 9.10. The zero-order valence-electron chi connectivity index (χ0n) is 13.3. The van der Waals surface area contributed by atoms with E-state index in [0.29, 0.717) is 17.0 Å². The van der Waals surface area contributed by atoms with Crippen LogP contribution in [0, 0.1) is 17.3 Å². The summed E-state index contributed by atoms with van der Waals surface area (Å²) in [6.45, 7) is 0. The Labute approximate surface area is 152 Å². The highest BCUT2D eigenvalue weighted by atomic mass is 79.9. The van der Waals surface area contributed by atoms with Gasteiger partial charge in [0.1, 0.15) is 15.9 Å². The van der Waals surface area contributed by atoms with Crippen LogP contribution < -0.4 is 0 Å². The molecule has 0 spiro atoms. The van der Waals surface area contributed by atoms with Crippen LogP contribution in [0.2, 0.25) is 5.15 Å². The van der Waals surface area contributed by atoms with Crippen LogP contribution in [0.4, 0.5) is 0 Å². The maximum absolute atomic E-state index is 12.4. The van der Waals surface area contributed by atoms with Crippen molar-refractivity contribution in [2.75, 3.05) is 7.11 Å². The number of hydrogen-bond acceptors (Lipinski definition) is 4. The first-order valence-electron chi connectivity index (χ1n) is 8.30. The molecule has 2 aromatic heterocycles. The smallest absolute Gasteiger partial charge is 0.312 e. The number of imidazole rings is 1. The van der Waals surface area contributed by atoms with Gasteiger partial charge in [0, 0.05) is 17.8 Å². The fraction of sp³-hybridized carbons (Fsp3) is 0.588. The average Bonchev–Trinajstić information content (AvgIpc) is 3.36. The van der Waals surface area contributed by atoms with E-state index < -0.39 is 0 Å². The molecule has 2 bridgehead atoms. The van der Waals surface area contributed by atoms with Gasteiger partial charge in [-0.1, -0.05) is 11.6 Å². The summed E-state index contributed by atoms with van der Waals surface area (Å²) in [5, 5.41) is 0.461. The standard InChI is InChI=1S/C17H17BrClN3O2/c1-24-15(23)17-4-2-16(3-5-17,9-8-10(9)17)14-21-12(18)11-13(19)20-6-7-22(11)14/h6-7,9-10H,2-5,8H2,1H3. The molecule has 0 radical (unpaired) electrons. The number of methoxy groups -OCH3 is 1. The van der Waals surface area contributed by atoms with Crippen molar-refractivity contribution in [3.63, 3.8) is 0 Å². The molecule has 0 N–H and O–H groups in total. The van der Waals surface area contributed by atoms with Gasteiger partial charge in [-0.25, -0.2) is 9.97 Å². The lowest BCUT2D eigenvalue weighted by atomic mass is 9.53. The number of aromatic nitrogens is 3. The summed E-state index contributed by atoms with van der Waals surface area (Å²) < 4.78 is 7.98. The molecular formula is C17H17BrClN3O2. The van der Waals surface area contributed by atoms with Crippen LogP contribution in [0.3, 0.4) is 0 Å². The van der Waals surface area contributed by atoms with Gasteiger partial charge < -0.3 is 4.74 Å². The molecule has 24 heavy (non-hydrogen) atoms. The van der Waals surface area contributed by atoms with Crippen molar-refractivity contribution < 1.29 is 9.53 Å². The summed E-state index contributed by atoms with van der Waals surface area (Å²) in [5.41, 5.74) is 0.626. The SMILES string of the molecule is COC(=O)C12CCC(c3nc(Br)c4c(Cl)nccn34)(CC1)C1CC12. The minimum atomic E-state index is -0.245. The summed E-state index contributed by atoms with van der Waals surface area (Å²) in [6.07, 6.45) is 8.51. The molecule has 0 aromatic carbocycles. The molecular weight excluding hydrogens is 394 g/mol. The highest BCUT2D eigenvalue weighted by Crippen LogP contribution is 2.73. The number of hydrogen-bond donors (Lipinski definition) is 0. The maximum Gasteiger partial charge on any atom is 0.312 e. The van der Waals surface area contributed by atoms with E-state index in [2.05, 4.69) is 25.3 Å².